The molecule has 0 amide bonds. The van der Waals surface area contributed by atoms with Crippen molar-refractivity contribution < 1.29 is 9.53 Å². The number of carbonyl (C=O) groups excluding carboxylic acids is 1. The molecule has 1 heterocycles. The Labute approximate surface area is 79.3 Å². The molecule has 0 N–H and O–H groups in total. The zero-order chi connectivity index (χ0) is 10.2. The van der Waals surface area contributed by atoms with E-state index in [-0.39, 0.29) is 5.97 Å². The predicted molar refractivity (Wildman–Crippen MR) is 52.0 cm³/mol. The molecule has 0 aromatic rings. The van der Waals surface area contributed by atoms with Gasteiger partial charge in [-0.1, -0.05) is 11.6 Å². The van der Waals surface area contributed by atoms with Crippen LogP contribution < -0.4 is 0 Å². The highest BCUT2D eigenvalue weighted by Crippen LogP contribution is 2.32. The second kappa shape index (κ2) is 3.02. The van der Waals surface area contributed by atoms with E-state index in [1.165, 1.54) is 0 Å². The molecule has 0 saturated carbocycles. The van der Waals surface area contributed by atoms with Crippen molar-refractivity contribution in [3.63, 3.8) is 0 Å². The molecule has 0 unspecified atom stereocenters. The molecule has 0 atom stereocenters. The van der Waals surface area contributed by atoms with Crippen molar-refractivity contribution >= 4 is 5.97 Å². The Balaban J connectivity index is 3.19. The van der Waals surface area contributed by atoms with Crippen molar-refractivity contribution in [1.82, 2.24) is 0 Å². The third kappa shape index (κ3) is 1.67. The Bertz CT molecular complexity index is 306. The van der Waals surface area contributed by atoms with Crippen LogP contribution in [0, 0.1) is 5.41 Å². The minimum Gasteiger partial charge on any atom is -0.430 e. The van der Waals surface area contributed by atoms with Gasteiger partial charge in [-0.2, -0.15) is 0 Å². The lowest BCUT2D eigenvalue weighted by atomic mass is 9.85. The molecule has 0 aromatic carbocycles. The van der Waals surface area contributed by atoms with Crippen molar-refractivity contribution in [2.24, 2.45) is 5.41 Å². The van der Waals surface area contributed by atoms with E-state index in [9.17, 15) is 4.79 Å². The summed E-state index contributed by atoms with van der Waals surface area (Å²) >= 11 is 0. The average Bonchev–Trinajstić information content (AvgIpc) is 2.06. The molecule has 1 aliphatic heterocycles. The maximum Gasteiger partial charge on any atom is 0.320 e. The van der Waals surface area contributed by atoms with Crippen molar-refractivity contribution in [3.8, 4) is 0 Å². The quantitative estimate of drug-likeness (QED) is 0.536. The summed E-state index contributed by atoms with van der Waals surface area (Å²) in [7, 11) is 0. The Kier molecular flexibility index (Phi) is 2.33. The van der Waals surface area contributed by atoms with Crippen LogP contribution in [-0.2, 0) is 9.53 Å². The highest BCUT2D eigenvalue weighted by molar-refractivity contribution is 5.81. The molecule has 72 valence electrons. The van der Waals surface area contributed by atoms with Gasteiger partial charge in [0.2, 0.25) is 0 Å². The Morgan fingerprint density at radius 2 is 1.77 bits per heavy atom. The molecule has 13 heavy (non-hydrogen) atoms. The molecular formula is C11H16O2. The van der Waals surface area contributed by atoms with Crippen molar-refractivity contribution in [3.05, 3.63) is 23.0 Å². The third-order valence-corrected chi connectivity index (χ3v) is 2.73. The summed E-state index contributed by atoms with van der Waals surface area (Å²) in [5.41, 5.74) is 1.57. The van der Waals surface area contributed by atoms with Gasteiger partial charge in [-0.25, -0.2) is 0 Å². The van der Waals surface area contributed by atoms with Crippen LogP contribution in [-0.4, -0.2) is 5.97 Å². The molecule has 0 radical (unpaired) electrons. The van der Waals surface area contributed by atoms with Crippen LogP contribution in [0.3, 0.4) is 0 Å². The van der Waals surface area contributed by atoms with Gasteiger partial charge in [0, 0.05) is 0 Å². The van der Waals surface area contributed by atoms with Crippen LogP contribution in [0.4, 0.5) is 0 Å². The van der Waals surface area contributed by atoms with E-state index in [0.717, 1.165) is 11.1 Å². The Morgan fingerprint density at radius 3 is 2.31 bits per heavy atom. The van der Waals surface area contributed by atoms with Gasteiger partial charge in [0.15, 0.2) is 0 Å². The predicted octanol–water partition coefficient (Wildman–Crippen LogP) is 2.81. The topological polar surface area (TPSA) is 26.3 Å². The lowest BCUT2D eigenvalue weighted by molar-refractivity contribution is -0.147. The number of hydrogen-bond donors (Lipinski definition) is 0. The van der Waals surface area contributed by atoms with Gasteiger partial charge in [-0.05, 0) is 40.2 Å². The summed E-state index contributed by atoms with van der Waals surface area (Å²) in [6, 6.07) is 0. The van der Waals surface area contributed by atoms with E-state index in [2.05, 4.69) is 0 Å². The second-order valence-corrected chi connectivity index (χ2v) is 4.08. The highest BCUT2D eigenvalue weighted by atomic mass is 16.5. The van der Waals surface area contributed by atoms with Gasteiger partial charge < -0.3 is 4.74 Å². The van der Waals surface area contributed by atoms with Crippen LogP contribution in [0.1, 0.15) is 34.6 Å². The van der Waals surface area contributed by atoms with Crippen LogP contribution in [0.25, 0.3) is 0 Å². The summed E-state index contributed by atoms with van der Waals surface area (Å²) in [5.74, 6) is 0.533. The number of hydrogen-bond acceptors (Lipinski definition) is 2. The number of rotatable bonds is 0. The van der Waals surface area contributed by atoms with E-state index in [4.69, 9.17) is 4.74 Å². The largest absolute Gasteiger partial charge is 0.430 e. The fourth-order valence-corrected chi connectivity index (χ4v) is 1.11. The molecular weight excluding hydrogens is 164 g/mol. The standard InChI is InChI=1S/C11H16O2/c1-7-6-8(2)11(4,5)10(12)13-9(7)3/h6H,1-5H3. The number of ether oxygens (including phenoxy) is 1. The highest BCUT2D eigenvalue weighted by Gasteiger charge is 2.33. The van der Waals surface area contributed by atoms with Crippen molar-refractivity contribution in [1.29, 1.82) is 0 Å². The SMILES string of the molecule is CC1=CC(C)=C(C)OC(=O)C1(C)C. The van der Waals surface area contributed by atoms with Gasteiger partial charge in [-0.15, -0.1) is 0 Å². The first-order valence-corrected chi connectivity index (χ1v) is 4.44. The van der Waals surface area contributed by atoms with E-state index in [0.29, 0.717) is 5.76 Å². The smallest absolute Gasteiger partial charge is 0.320 e. The van der Waals surface area contributed by atoms with E-state index in [1.54, 1.807) is 0 Å². The molecule has 0 fully saturated rings. The first-order chi connectivity index (χ1) is 5.85. The third-order valence-electron chi connectivity index (χ3n) is 2.73. The van der Waals surface area contributed by atoms with Gasteiger partial charge >= 0.3 is 5.97 Å². The van der Waals surface area contributed by atoms with E-state index >= 15 is 0 Å². The van der Waals surface area contributed by atoms with Gasteiger partial charge in [-0.3, -0.25) is 4.79 Å². The molecule has 2 nitrogen and oxygen atoms in total. The maximum absolute atomic E-state index is 11.6. The maximum atomic E-state index is 11.6. The summed E-state index contributed by atoms with van der Waals surface area (Å²) in [5, 5.41) is 0. The van der Waals surface area contributed by atoms with E-state index in [1.807, 2.05) is 40.7 Å². The van der Waals surface area contributed by atoms with Crippen molar-refractivity contribution in [2.45, 2.75) is 34.6 Å². The van der Waals surface area contributed by atoms with Gasteiger partial charge in [0.05, 0.1) is 5.41 Å². The normalized spacial score (nSPS) is 22.2. The second-order valence-electron chi connectivity index (χ2n) is 4.08. The summed E-state index contributed by atoms with van der Waals surface area (Å²) in [6.07, 6.45) is 2.01. The monoisotopic (exact) mass is 180 g/mol. The van der Waals surface area contributed by atoms with Crippen LogP contribution in [0.2, 0.25) is 0 Å². The minimum atomic E-state index is -0.501. The lowest BCUT2D eigenvalue weighted by Gasteiger charge is -2.21. The first-order valence-electron chi connectivity index (χ1n) is 4.44. The number of carbonyl (C=O) groups is 1. The van der Waals surface area contributed by atoms with Crippen LogP contribution in [0.5, 0.6) is 0 Å². The zero-order valence-corrected chi connectivity index (χ0v) is 8.89. The van der Waals surface area contributed by atoms with Crippen molar-refractivity contribution in [2.75, 3.05) is 0 Å². The van der Waals surface area contributed by atoms with Gasteiger partial charge in [0.1, 0.15) is 5.76 Å². The molecule has 2 heteroatoms. The van der Waals surface area contributed by atoms with Gasteiger partial charge in [0.25, 0.3) is 0 Å². The Hall–Kier alpha value is -1.05. The summed E-state index contributed by atoms with van der Waals surface area (Å²) in [4.78, 5) is 11.6. The number of esters is 1. The minimum absolute atomic E-state index is 0.171. The molecule has 0 aliphatic carbocycles. The molecule has 0 bridgehead atoms. The van der Waals surface area contributed by atoms with Crippen LogP contribution in [0.15, 0.2) is 23.0 Å². The molecule has 0 spiro atoms. The lowest BCUT2D eigenvalue weighted by Crippen LogP contribution is -2.26. The van der Waals surface area contributed by atoms with E-state index < -0.39 is 5.41 Å². The summed E-state index contributed by atoms with van der Waals surface area (Å²) < 4.78 is 5.20. The molecule has 1 rings (SSSR count). The first kappa shape index (κ1) is 10.0. The average molecular weight is 180 g/mol. The fraction of sp³-hybridized carbons (Fsp3) is 0.545. The zero-order valence-electron chi connectivity index (χ0n) is 8.89. The summed E-state index contributed by atoms with van der Waals surface area (Å²) in [6.45, 7) is 9.50. The number of allylic oxidation sites excluding steroid dienone is 3. The van der Waals surface area contributed by atoms with Crippen LogP contribution >= 0.6 is 0 Å². The molecule has 0 saturated heterocycles. The Morgan fingerprint density at radius 1 is 1.23 bits per heavy atom. The number of cyclic esters (lactones) is 1. The molecule has 0 aromatic heterocycles. The fourth-order valence-electron chi connectivity index (χ4n) is 1.11. The molecule has 1 aliphatic rings.